The molecule has 5 heteroatoms. The van der Waals surface area contributed by atoms with E-state index in [1.807, 2.05) is 23.5 Å². The van der Waals surface area contributed by atoms with Gasteiger partial charge in [-0.3, -0.25) is 4.90 Å². The van der Waals surface area contributed by atoms with Gasteiger partial charge >= 0.3 is 0 Å². The van der Waals surface area contributed by atoms with Gasteiger partial charge in [0.2, 0.25) is 0 Å². The molecule has 1 saturated heterocycles. The monoisotopic (exact) mass is 350 g/mol. The zero-order chi connectivity index (χ0) is 16.2. The number of nitrogens with one attached hydrogen (secondary N) is 1. The zero-order valence-electron chi connectivity index (χ0n) is 13.6. The number of ether oxygens (including phenoxy) is 1. The molecule has 0 aliphatic carbocycles. The van der Waals surface area contributed by atoms with Crippen molar-refractivity contribution >= 4 is 22.9 Å². The summed E-state index contributed by atoms with van der Waals surface area (Å²) in [6.45, 7) is 6.36. The van der Waals surface area contributed by atoms with Gasteiger partial charge in [0.15, 0.2) is 0 Å². The Balaban J connectivity index is 2.05. The SMILES string of the molecule is COc1ccc(Cl)cc1C(c1ccc(C)s1)N1CCCNCC1. The van der Waals surface area contributed by atoms with Crippen LogP contribution >= 0.6 is 22.9 Å². The molecule has 0 saturated carbocycles. The highest BCUT2D eigenvalue weighted by atomic mass is 35.5. The highest BCUT2D eigenvalue weighted by Crippen LogP contribution is 2.39. The lowest BCUT2D eigenvalue weighted by molar-refractivity contribution is 0.239. The smallest absolute Gasteiger partial charge is 0.124 e. The number of hydrogen-bond acceptors (Lipinski definition) is 4. The number of nitrogens with zero attached hydrogens (tertiary/aromatic N) is 1. The van der Waals surface area contributed by atoms with E-state index in [4.69, 9.17) is 16.3 Å². The van der Waals surface area contributed by atoms with Gasteiger partial charge in [-0.2, -0.15) is 0 Å². The molecule has 2 aromatic rings. The number of thiophene rings is 1. The predicted molar refractivity (Wildman–Crippen MR) is 98.0 cm³/mol. The van der Waals surface area contributed by atoms with Crippen molar-refractivity contribution < 1.29 is 4.74 Å². The Morgan fingerprint density at radius 2 is 2.09 bits per heavy atom. The van der Waals surface area contributed by atoms with Gasteiger partial charge in [-0.15, -0.1) is 11.3 Å². The fourth-order valence-corrected chi connectivity index (χ4v) is 4.39. The molecule has 2 heterocycles. The highest BCUT2D eigenvalue weighted by molar-refractivity contribution is 7.12. The van der Waals surface area contributed by atoms with Crippen LogP contribution in [-0.4, -0.2) is 38.2 Å². The summed E-state index contributed by atoms with van der Waals surface area (Å²) < 4.78 is 5.64. The minimum absolute atomic E-state index is 0.197. The first-order chi connectivity index (χ1) is 11.2. The van der Waals surface area contributed by atoms with E-state index in [0.717, 1.165) is 48.9 Å². The maximum absolute atomic E-state index is 6.30. The van der Waals surface area contributed by atoms with Crippen LogP contribution in [0, 0.1) is 6.92 Å². The Morgan fingerprint density at radius 3 is 2.83 bits per heavy atom. The van der Waals surface area contributed by atoms with Crippen molar-refractivity contribution in [3.63, 3.8) is 0 Å². The van der Waals surface area contributed by atoms with Crippen molar-refractivity contribution in [2.75, 3.05) is 33.3 Å². The lowest BCUT2D eigenvalue weighted by Crippen LogP contribution is -2.32. The molecular weight excluding hydrogens is 328 g/mol. The van der Waals surface area contributed by atoms with E-state index in [0.29, 0.717) is 0 Å². The van der Waals surface area contributed by atoms with E-state index < -0.39 is 0 Å². The summed E-state index contributed by atoms with van der Waals surface area (Å²) in [5.41, 5.74) is 1.16. The van der Waals surface area contributed by atoms with E-state index in [-0.39, 0.29) is 6.04 Å². The number of aryl methyl sites for hydroxylation is 1. The summed E-state index contributed by atoms with van der Waals surface area (Å²) in [6, 6.07) is 10.6. The second kappa shape index (κ2) is 7.67. The Bertz CT molecular complexity index is 650. The third-order valence-electron chi connectivity index (χ3n) is 4.26. The molecule has 23 heavy (non-hydrogen) atoms. The molecule has 3 nitrogen and oxygen atoms in total. The molecule has 1 aromatic carbocycles. The van der Waals surface area contributed by atoms with Gasteiger partial charge in [-0.1, -0.05) is 11.6 Å². The van der Waals surface area contributed by atoms with Crippen LogP contribution in [0.4, 0.5) is 0 Å². The summed E-state index contributed by atoms with van der Waals surface area (Å²) in [6.07, 6.45) is 1.16. The Kier molecular flexibility index (Phi) is 5.59. The first-order valence-corrected chi connectivity index (χ1v) is 9.23. The van der Waals surface area contributed by atoms with Crippen molar-refractivity contribution in [3.8, 4) is 5.75 Å². The fraction of sp³-hybridized carbons (Fsp3) is 0.444. The Hall–Kier alpha value is -1.07. The molecule has 1 unspecified atom stereocenters. The van der Waals surface area contributed by atoms with Gasteiger partial charge in [0.1, 0.15) is 5.75 Å². The minimum Gasteiger partial charge on any atom is -0.496 e. The minimum atomic E-state index is 0.197. The van der Waals surface area contributed by atoms with E-state index >= 15 is 0 Å². The quantitative estimate of drug-likeness (QED) is 0.898. The largest absolute Gasteiger partial charge is 0.496 e. The van der Waals surface area contributed by atoms with Crippen molar-refractivity contribution in [2.24, 2.45) is 0 Å². The van der Waals surface area contributed by atoms with Crippen LogP contribution in [0.3, 0.4) is 0 Å². The second-order valence-electron chi connectivity index (χ2n) is 5.88. The van der Waals surface area contributed by atoms with E-state index in [2.05, 4.69) is 35.3 Å². The molecule has 1 fully saturated rings. The first-order valence-electron chi connectivity index (χ1n) is 8.03. The summed E-state index contributed by atoms with van der Waals surface area (Å²) in [5, 5.41) is 4.24. The van der Waals surface area contributed by atoms with E-state index in [1.54, 1.807) is 7.11 Å². The average molecular weight is 351 g/mol. The predicted octanol–water partition coefficient (Wildman–Crippen LogP) is 4.10. The molecule has 0 bridgehead atoms. The van der Waals surface area contributed by atoms with Gasteiger partial charge in [0, 0.05) is 40.0 Å². The molecular formula is C18H23ClN2OS. The lowest BCUT2D eigenvalue weighted by atomic mass is 10.0. The molecule has 1 aliphatic rings. The normalized spacial score (nSPS) is 17.7. The molecule has 0 radical (unpaired) electrons. The Labute approximate surface area is 147 Å². The number of benzene rings is 1. The highest BCUT2D eigenvalue weighted by Gasteiger charge is 2.27. The van der Waals surface area contributed by atoms with Gasteiger partial charge < -0.3 is 10.1 Å². The number of rotatable bonds is 4. The molecule has 0 spiro atoms. The number of methoxy groups -OCH3 is 1. The van der Waals surface area contributed by atoms with Crippen LogP contribution in [0.15, 0.2) is 30.3 Å². The molecule has 1 aromatic heterocycles. The number of halogens is 1. The average Bonchev–Trinajstić information content (AvgIpc) is 2.80. The lowest BCUT2D eigenvalue weighted by Gasteiger charge is -2.31. The topological polar surface area (TPSA) is 24.5 Å². The van der Waals surface area contributed by atoms with Crippen molar-refractivity contribution in [3.05, 3.63) is 50.7 Å². The van der Waals surface area contributed by atoms with Crippen LogP contribution in [0.2, 0.25) is 5.02 Å². The maximum Gasteiger partial charge on any atom is 0.124 e. The van der Waals surface area contributed by atoms with Gasteiger partial charge in [-0.05, 0) is 50.2 Å². The standard InChI is InChI=1S/C18H23ClN2OS/c1-13-4-7-17(23-13)18(21-10-3-8-20-9-11-21)15-12-14(19)5-6-16(15)22-2/h4-7,12,18,20H,3,8-11H2,1-2H3. The van der Waals surface area contributed by atoms with Crippen LogP contribution in [0.1, 0.15) is 27.8 Å². The van der Waals surface area contributed by atoms with E-state index in [1.165, 1.54) is 9.75 Å². The van der Waals surface area contributed by atoms with E-state index in [9.17, 15) is 0 Å². The fourth-order valence-electron chi connectivity index (χ4n) is 3.17. The van der Waals surface area contributed by atoms with Crippen LogP contribution in [0.25, 0.3) is 0 Å². The molecule has 3 rings (SSSR count). The molecule has 0 amide bonds. The molecule has 1 atom stereocenters. The van der Waals surface area contributed by atoms with Crippen LogP contribution < -0.4 is 10.1 Å². The maximum atomic E-state index is 6.30. The molecule has 1 aliphatic heterocycles. The van der Waals surface area contributed by atoms with Crippen molar-refractivity contribution in [2.45, 2.75) is 19.4 Å². The summed E-state index contributed by atoms with van der Waals surface area (Å²) in [7, 11) is 1.73. The third kappa shape index (κ3) is 3.89. The summed E-state index contributed by atoms with van der Waals surface area (Å²) in [5.74, 6) is 0.905. The van der Waals surface area contributed by atoms with Gasteiger partial charge in [0.25, 0.3) is 0 Å². The number of hydrogen-bond donors (Lipinski definition) is 1. The summed E-state index contributed by atoms with van der Waals surface area (Å²) in [4.78, 5) is 5.23. The van der Waals surface area contributed by atoms with Crippen LogP contribution in [-0.2, 0) is 0 Å². The molecule has 1 N–H and O–H groups in total. The Morgan fingerprint density at radius 1 is 1.22 bits per heavy atom. The van der Waals surface area contributed by atoms with Gasteiger partial charge in [0.05, 0.1) is 13.2 Å². The van der Waals surface area contributed by atoms with Crippen molar-refractivity contribution in [1.29, 1.82) is 0 Å². The first kappa shape index (κ1) is 16.8. The molecule has 124 valence electrons. The van der Waals surface area contributed by atoms with Gasteiger partial charge in [-0.25, -0.2) is 0 Å². The zero-order valence-corrected chi connectivity index (χ0v) is 15.2. The van der Waals surface area contributed by atoms with Crippen LogP contribution in [0.5, 0.6) is 5.75 Å². The third-order valence-corrected chi connectivity index (χ3v) is 5.55. The summed E-state index contributed by atoms with van der Waals surface area (Å²) >= 11 is 8.15. The van der Waals surface area contributed by atoms with Crippen molar-refractivity contribution in [1.82, 2.24) is 10.2 Å². The second-order valence-corrected chi connectivity index (χ2v) is 7.63.